The molecule has 0 aromatic carbocycles. The van der Waals surface area contributed by atoms with E-state index in [1.807, 2.05) is 13.8 Å². The lowest BCUT2D eigenvalue weighted by atomic mass is 10.5. The van der Waals surface area contributed by atoms with Gasteiger partial charge in [-0.15, -0.1) is 0 Å². The molecule has 0 radical (unpaired) electrons. The van der Waals surface area contributed by atoms with Crippen LogP contribution in [0.3, 0.4) is 0 Å². The molecule has 0 rings (SSSR count). The fourth-order valence-electron chi connectivity index (χ4n) is 0.400. The van der Waals surface area contributed by atoms with Gasteiger partial charge < -0.3 is 0 Å². The van der Waals surface area contributed by atoms with Gasteiger partial charge in [-0.1, -0.05) is 13.8 Å². The van der Waals surface area contributed by atoms with Crippen LogP contribution in [0.2, 0.25) is 0 Å². The summed E-state index contributed by atoms with van der Waals surface area (Å²) in [5.74, 6) is 5.23. The van der Waals surface area contributed by atoms with Crippen molar-refractivity contribution in [2.75, 3.05) is 13.2 Å². The third kappa shape index (κ3) is 5.97. The highest BCUT2D eigenvalue weighted by Crippen LogP contribution is 1.87. The minimum absolute atomic E-state index is 0.597. The Bertz CT molecular complexity index is 62.8. The van der Waals surface area contributed by atoms with Gasteiger partial charge >= 0.3 is 0 Å². The molecular weight excluding hydrogens is 132 g/mol. The molecule has 62 valence electrons. The van der Waals surface area contributed by atoms with Crippen molar-refractivity contribution in [2.45, 2.75) is 26.7 Å². The van der Waals surface area contributed by atoms with Gasteiger partial charge in [-0.2, -0.15) is 0 Å². The van der Waals surface area contributed by atoms with Gasteiger partial charge in [0.2, 0.25) is 0 Å². The summed E-state index contributed by atoms with van der Waals surface area (Å²) in [4.78, 5) is 9.76. The largest absolute Gasteiger partial charge is 0.261 e. The zero-order valence-corrected chi connectivity index (χ0v) is 6.67. The van der Waals surface area contributed by atoms with Crippen LogP contribution in [-0.2, 0) is 9.68 Å². The first-order valence-electron chi connectivity index (χ1n) is 3.61. The van der Waals surface area contributed by atoms with E-state index in [-0.39, 0.29) is 0 Å². The summed E-state index contributed by atoms with van der Waals surface area (Å²) >= 11 is 0. The van der Waals surface area contributed by atoms with Crippen LogP contribution >= 0.6 is 0 Å². The minimum atomic E-state index is 0.597. The molecule has 0 aliphatic carbocycles. The third-order valence-electron chi connectivity index (χ3n) is 0.845. The molecule has 0 aromatic heterocycles. The zero-order valence-electron chi connectivity index (χ0n) is 6.67. The maximum absolute atomic E-state index is 5.23. The van der Waals surface area contributed by atoms with Gasteiger partial charge in [-0.3, -0.25) is 9.68 Å². The van der Waals surface area contributed by atoms with E-state index >= 15 is 0 Å². The first kappa shape index (κ1) is 9.84. The Balaban J connectivity index is 3.00. The Morgan fingerprint density at radius 2 is 1.50 bits per heavy atom. The summed E-state index contributed by atoms with van der Waals surface area (Å²) in [6, 6.07) is 0. The van der Waals surface area contributed by atoms with E-state index in [2.05, 4.69) is 0 Å². The van der Waals surface area contributed by atoms with Crippen LogP contribution in [0.4, 0.5) is 0 Å². The van der Waals surface area contributed by atoms with E-state index in [0.717, 1.165) is 18.2 Å². The van der Waals surface area contributed by atoms with Gasteiger partial charge in [0.1, 0.15) is 0 Å². The number of hydrazine groups is 1. The molecule has 0 atom stereocenters. The summed E-state index contributed by atoms with van der Waals surface area (Å²) in [7, 11) is 0. The smallest absolute Gasteiger partial charge is 0.0723 e. The first-order valence-corrected chi connectivity index (χ1v) is 3.61. The van der Waals surface area contributed by atoms with Crippen LogP contribution in [-0.4, -0.2) is 18.5 Å². The SMILES string of the molecule is CCCON(N)OCCC. The number of nitrogens with zero attached hydrogens (tertiary/aromatic N) is 1. The van der Waals surface area contributed by atoms with Gasteiger partial charge in [0.05, 0.1) is 13.2 Å². The van der Waals surface area contributed by atoms with Gasteiger partial charge in [0, 0.05) is 5.34 Å². The van der Waals surface area contributed by atoms with E-state index in [0.29, 0.717) is 13.2 Å². The fraction of sp³-hybridized carbons (Fsp3) is 1.00. The quantitative estimate of drug-likeness (QED) is 0.448. The van der Waals surface area contributed by atoms with Crippen LogP contribution in [0.15, 0.2) is 0 Å². The second-order valence-corrected chi connectivity index (χ2v) is 1.95. The Morgan fingerprint density at radius 3 is 1.80 bits per heavy atom. The number of hydrogen-bond acceptors (Lipinski definition) is 4. The van der Waals surface area contributed by atoms with Crippen molar-refractivity contribution >= 4 is 0 Å². The highest BCUT2D eigenvalue weighted by atomic mass is 17.0. The summed E-state index contributed by atoms with van der Waals surface area (Å²) in [5.41, 5.74) is 0. The molecule has 10 heavy (non-hydrogen) atoms. The van der Waals surface area contributed by atoms with E-state index in [9.17, 15) is 0 Å². The maximum atomic E-state index is 5.23. The third-order valence-corrected chi connectivity index (χ3v) is 0.845. The lowest BCUT2D eigenvalue weighted by molar-refractivity contribution is -0.372. The molecule has 0 heterocycles. The predicted octanol–water partition coefficient (Wildman–Crippen LogP) is 0.845. The second kappa shape index (κ2) is 6.95. The lowest BCUT2D eigenvalue weighted by Gasteiger charge is -2.13. The van der Waals surface area contributed by atoms with Crippen molar-refractivity contribution in [3.05, 3.63) is 0 Å². The summed E-state index contributed by atoms with van der Waals surface area (Å²) in [5, 5.41) is 0.924. The van der Waals surface area contributed by atoms with Gasteiger partial charge in [0.25, 0.3) is 0 Å². The second-order valence-electron chi connectivity index (χ2n) is 1.95. The topological polar surface area (TPSA) is 47.7 Å². The molecule has 0 aliphatic heterocycles. The normalized spacial score (nSPS) is 10.8. The number of hydrogen-bond donors (Lipinski definition) is 1. The van der Waals surface area contributed by atoms with Crippen molar-refractivity contribution in [1.29, 1.82) is 0 Å². The van der Waals surface area contributed by atoms with Gasteiger partial charge in [-0.25, -0.2) is 5.84 Å². The van der Waals surface area contributed by atoms with Crippen molar-refractivity contribution in [3.63, 3.8) is 0 Å². The average molecular weight is 148 g/mol. The van der Waals surface area contributed by atoms with Gasteiger partial charge in [0.15, 0.2) is 0 Å². The van der Waals surface area contributed by atoms with E-state index in [1.54, 1.807) is 0 Å². The Morgan fingerprint density at radius 1 is 1.10 bits per heavy atom. The van der Waals surface area contributed by atoms with Crippen molar-refractivity contribution in [2.24, 2.45) is 5.84 Å². The predicted molar refractivity (Wildman–Crippen MR) is 38.5 cm³/mol. The number of rotatable bonds is 6. The van der Waals surface area contributed by atoms with Crippen LogP contribution in [0.1, 0.15) is 26.7 Å². The molecule has 0 aromatic rings. The molecule has 0 fully saturated rings. The minimum Gasteiger partial charge on any atom is -0.261 e. The van der Waals surface area contributed by atoms with Gasteiger partial charge in [-0.05, 0) is 12.8 Å². The van der Waals surface area contributed by atoms with E-state index < -0.39 is 0 Å². The average Bonchev–Trinajstić information content (AvgIpc) is 1.97. The van der Waals surface area contributed by atoms with Crippen LogP contribution in [0.25, 0.3) is 0 Å². The summed E-state index contributed by atoms with van der Waals surface area (Å²) in [6.45, 7) is 5.21. The lowest BCUT2D eigenvalue weighted by Crippen LogP contribution is -2.31. The molecule has 0 unspecified atom stereocenters. The summed E-state index contributed by atoms with van der Waals surface area (Å²) in [6.07, 6.45) is 1.87. The standard InChI is InChI=1S/C6H16N2O2/c1-3-5-9-8(7)10-6-4-2/h3-7H2,1-2H3. The first-order chi connectivity index (χ1) is 4.81. The molecule has 4 heteroatoms. The van der Waals surface area contributed by atoms with Crippen molar-refractivity contribution in [1.82, 2.24) is 5.34 Å². The van der Waals surface area contributed by atoms with E-state index in [4.69, 9.17) is 15.5 Å². The number of nitrogens with two attached hydrogens (primary N) is 1. The Kier molecular flexibility index (Phi) is 6.84. The Labute approximate surface area is 61.8 Å². The maximum Gasteiger partial charge on any atom is 0.0723 e. The monoisotopic (exact) mass is 148 g/mol. The molecule has 0 bridgehead atoms. The zero-order chi connectivity index (χ0) is 7.82. The van der Waals surface area contributed by atoms with E-state index in [1.165, 1.54) is 0 Å². The Hall–Kier alpha value is -0.160. The van der Waals surface area contributed by atoms with Crippen LogP contribution in [0, 0.1) is 0 Å². The van der Waals surface area contributed by atoms with Crippen molar-refractivity contribution in [3.8, 4) is 0 Å². The molecule has 0 amide bonds. The molecule has 2 N–H and O–H groups in total. The summed E-state index contributed by atoms with van der Waals surface area (Å²) < 4.78 is 0. The molecule has 0 saturated heterocycles. The molecule has 0 saturated carbocycles. The molecule has 0 aliphatic rings. The molecule has 4 nitrogen and oxygen atoms in total. The highest BCUT2D eigenvalue weighted by Gasteiger charge is 1.95. The van der Waals surface area contributed by atoms with Crippen LogP contribution in [0.5, 0.6) is 0 Å². The van der Waals surface area contributed by atoms with Crippen LogP contribution < -0.4 is 5.84 Å². The molecular formula is C6H16N2O2. The highest BCUT2D eigenvalue weighted by molar-refractivity contribution is 4.19. The fourth-order valence-corrected chi connectivity index (χ4v) is 0.400. The van der Waals surface area contributed by atoms with Crippen molar-refractivity contribution < 1.29 is 9.68 Å². The molecule has 0 spiro atoms.